The van der Waals surface area contributed by atoms with Gasteiger partial charge in [0.05, 0.1) is 12.1 Å². The molecule has 4 aliphatic rings. The maximum Gasteiger partial charge on any atom is 0.303 e. The van der Waals surface area contributed by atoms with E-state index in [1.807, 2.05) is 13.8 Å². The third kappa shape index (κ3) is 4.85. The van der Waals surface area contributed by atoms with E-state index in [-0.39, 0.29) is 10.8 Å². The zero-order valence-electron chi connectivity index (χ0n) is 20.4. The average Bonchev–Trinajstić information content (AvgIpc) is 2.79. The number of carbonyl (C=O) groups is 2. The summed E-state index contributed by atoms with van der Waals surface area (Å²) in [4.78, 5) is 33.3. The van der Waals surface area contributed by atoms with E-state index in [0.717, 1.165) is 56.7 Å². The van der Waals surface area contributed by atoms with Crippen molar-refractivity contribution in [2.45, 2.75) is 76.7 Å². The van der Waals surface area contributed by atoms with E-state index in [4.69, 9.17) is 25.4 Å². The number of anilines is 1. The minimum absolute atomic E-state index is 0.0150. The number of hydrogen-bond donors (Lipinski definition) is 3. The van der Waals surface area contributed by atoms with Crippen molar-refractivity contribution in [3.8, 4) is 5.88 Å². The number of aromatic nitrogens is 2. The molecule has 0 atom stereocenters. The molecule has 1 aromatic heterocycles. The quantitative estimate of drug-likeness (QED) is 0.579. The molecular weight excluding hydrogens is 448 g/mol. The van der Waals surface area contributed by atoms with Gasteiger partial charge >= 0.3 is 5.97 Å². The Hall–Kier alpha value is -3.49. The molecule has 6 rings (SSSR count). The van der Waals surface area contributed by atoms with Crippen molar-refractivity contribution in [1.82, 2.24) is 9.97 Å². The molecule has 0 saturated heterocycles. The van der Waals surface area contributed by atoms with Crippen LogP contribution in [0.2, 0.25) is 0 Å². The lowest BCUT2D eigenvalue weighted by Crippen LogP contribution is -2.45. The van der Waals surface area contributed by atoms with Crippen LogP contribution >= 0.6 is 0 Å². The fourth-order valence-corrected chi connectivity index (χ4v) is 5.77. The number of rotatable bonds is 4. The van der Waals surface area contributed by atoms with Gasteiger partial charge in [0.25, 0.3) is 5.97 Å². The maximum atomic E-state index is 11.3. The molecule has 4 N–H and O–H groups in total. The number of nitrogens with zero attached hydrogens (tertiary/aromatic N) is 3. The lowest BCUT2D eigenvalue weighted by atomic mass is 9.51. The number of carboxylic acid groups (broad SMARTS) is 2. The molecule has 0 radical (unpaired) electrons. The van der Waals surface area contributed by atoms with Crippen LogP contribution < -0.4 is 10.5 Å². The summed E-state index contributed by atoms with van der Waals surface area (Å²) >= 11 is 0. The third-order valence-corrected chi connectivity index (χ3v) is 7.66. The van der Waals surface area contributed by atoms with E-state index < -0.39 is 17.5 Å². The molecule has 9 heteroatoms. The zero-order chi connectivity index (χ0) is 25.4. The van der Waals surface area contributed by atoms with Crippen molar-refractivity contribution in [3.63, 3.8) is 0 Å². The summed E-state index contributed by atoms with van der Waals surface area (Å²) in [5.41, 5.74) is 9.17. The number of benzene rings is 1. The van der Waals surface area contributed by atoms with Crippen LogP contribution in [0.3, 0.4) is 0 Å². The molecule has 0 amide bonds. The van der Waals surface area contributed by atoms with Crippen molar-refractivity contribution >= 4 is 29.2 Å². The monoisotopic (exact) mass is 480 g/mol. The second-order valence-corrected chi connectivity index (χ2v) is 10.4. The number of carboxylic acids is 2. The highest BCUT2D eigenvalue weighted by molar-refractivity contribution is 6.09. The Balaban J connectivity index is 0.000000672. The molecule has 1 aliphatic heterocycles. The van der Waals surface area contributed by atoms with Crippen LogP contribution in [0.25, 0.3) is 0 Å². The largest absolute Gasteiger partial charge is 0.481 e. The lowest BCUT2D eigenvalue weighted by molar-refractivity contribution is -0.142. The second-order valence-electron chi connectivity index (χ2n) is 10.4. The van der Waals surface area contributed by atoms with Gasteiger partial charge in [-0.2, -0.15) is 4.98 Å². The summed E-state index contributed by atoms with van der Waals surface area (Å²) in [5.74, 6) is -0.779. The molecule has 9 nitrogen and oxygen atoms in total. The first-order valence-corrected chi connectivity index (χ1v) is 11.9. The highest BCUT2D eigenvalue weighted by Crippen LogP contribution is 2.59. The molecule has 3 aliphatic carbocycles. The SMILES string of the molecule is CC(=O)O.CC1(C)Oc2ncnc(N)c2N=C1c1ccc(C23CCC(CC(=O)O)(CC2)CC3)cc1. The Morgan fingerprint density at radius 3 is 2.11 bits per heavy atom. The summed E-state index contributed by atoms with van der Waals surface area (Å²) in [5, 5.41) is 16.7. The van der Waals surface area contributed by atoms with Crippen LogP contribution in [0.5, 0.6) is 5.88 Å². The number of ether oxygens (including phenoxy) is 1. The van der Waals surface area contributed by atoms with Gasteiger partial charge in [-0.15, -0.1) is 0 Å². The lowest BCUT2D eigenvalue weighted by Gasteiger charge is -2.53. The summed E-state index contributed by atoms with van der Waals surface area (Å²) in [6.45, 7) is 5.04. The van der Waals surface area contributed by atoms with Gasteiger partial charge < -0.3 is 20.7 Å². The van der Waals surface area contributed by atoms with E-state index >= 15 is 0 Å². The van der Waals surface area contributed by atoms with Gasteiger partial charge in [0.2, 0.25) is 5.88 Å². The van der Waals surface area contributed by atoms with Gasteiger partial charge in [0, 0.05) is 12.5 Å². The topological polar surface area (TPSA) is 148 Å². The van der Waals surface area contributed by atoms with Crippen molar-refractivity contribution in [1.29, 1.82) is 0 Å². The van der Waals surface area contributed by atoms with Crippen LogP contribution in [0.15, 0.2) is 35.6 Å². The number of aliphatic imine (C=N–C) groups is 1. The van der Waals surface area contributed by atoms with Gasteiger partial charge in [0.1, 0.15) is 11.9 Å². The molecule has 2 aromatic rings. The molecular formula is C26H32N4O5. The zero-order valence-corrected chi connectivity index (χ0v) is 20.4. The van der Waals surface area contributed by atoms with E-state index in [1.54, 1.807) is 0 Å². The first kappa shape index (κ1) is 24.6. The van der Waals surface area contributed by atoms with Crippen LogP contribution in [0.4, 0.5) is 11.5 Å². The van der Waals surface area contributed by atoms with Crippen LogP contribution in [-0.2, 0) is 15.0 Å². The smallest absolute Gasteiger partial charge is 0.303 e. The predicted octanol–water partition coefficient (Wildman–Crippen LogP) is 4.51. The number of fused-ring (bicyclic) bond motifs is 4. The molecule has 0 unspecified atom stereocenters. The summed E-state index contributed by atoms with van der Waals surface area (Å²) in [6.07, 6.45) is 7.91. The summed E-state index contributed by atoms with van der Waals surface area (Å²) in [7, 11) is 0. The molecule has 3 fully saturated rings. The first-order chi connectivity index (χ1) is 16.5. The van der Waals surface area contributed by atoms with Crippen molar-refractivity contribution in [3.05, 3.63) is 41.7 Å². The van der Waals surface area contributed by atoms with Crippen molar-refractivity contribution < 1.29 is 24.5 Å². The third-order valence-electron chi connectivity index (χ3n) is 7.66. The van der Waals surface area contributed by atoms with E-state index in [9.17, 15) is 9.90 Å². The minimum Gasteiger partial charge on any atom is -0.481 e. The minimum atomic E-state index is -0.833. The summed E-state index contributed by atoms with van der Waals surface area (Å²) < 4.78 is 6.09. The van der Waals surface area contributed by atoms with Crippen LogP contribution in [0.1, 0.15) is 76.8 Å². The predicted molar refractivity (Wildman–Crippen MR) is 131 cm³/mol. The fourth-order valence-electron chi connectivity index (χ4n) is 5.77. The standard InChI is InChI=1S/C24H28N4O3.C2H4O2/c1-22(2)19(28-18-20(25)26-14-27-21(18)31-22)15-3-5-16(6-4-15)24-10-7-23(8-11-24,9-12-24)13-17(29)30;1-2(3)4/h3-6,14H,7-13H2,1-2H3,(H,29,30)(H2,25,26,27);1H3,(H,3,4). The molecule has 2 heterocycles. The van der Waals surface area contributed by atoms with Gasteiger partial charge in [-0.25, -0.2) is 9.98 Å². The van der Waals surface area contributed by atoms with Gasteiger partial charge in [0.15, 0.2) is 11.5 Å². The molecule has 186 valence electrons. The molecule has 1 aromatic carbocycles. The number of nitrogens with two attached hydrogens (primary N) is 1. The maximum absolute atomic E-state index is 11.3. The first-order valence-electron chi connectivity index (χ1n) is 11.9. The Morgan fingerprint density at radius 2 is 1.57 bits per heavy atom. The molecule has 35 heavy (non-hydrogen) atoms. The van der Waals surface area contributed by atoms with E-state index in [2.05, 4.69) is 34.2 Å². The van der Waals surface area contributed by atoms with Gasteiger partial charge in [-0.1, -0.05) is 24.3 Å². The van der Waals surface area contributed by atoms with E-state index in [1.165, 1.54) is 11.9 Å². The highest BCUT2D eigenvalue weighted by Gasteiger charge is 2.50. The summed E-state index contributed by atoms with van der Waals surface area (Å²) in [6, 6.07) is 8.66. The number of hydrogen-bond acceptors (Lipinski definition) is 7. The number of nitrogen functional groups attached to an aromatic ring is 1. The Kier molecular flexibility index (Phi) is 6.29. The Bertz CT molecular complexity index is 1140. The van der Waals surface area contributed by atoms with Crippen LogP contribution in [-0.4, -0.2) is 43.4 Å². The van der Waals surface area contributed by atoms with Crippen molar-refractivity contribution in [2.75, 3.05) is 5.73 Å². The normalized spacial score (nSPS) is 25.9. The van der Waals surface area contributed by atoms with Gasteiger partial charge in [-0.3, -0.25) is 9.59 Å². The fraction of sp³-hybridized carbons (Fsp3) is 0.500. The average molecular weight is 481 g/mol. The Morgan fingerprint density at radius 1 is 1.00 bits per heavy atom. The molecule has 2 bridgehead atoms. The van der Waals surface area contributed by atoms with E-state index in [0.29, 0.717) is 23.8 Å². The second kappa shape index (κ2) is 8.94. The Labute approximate surface area is 204 Å². The van der Waals surface area contributed by atoms with Gasteiger partial charge in [-0.05, 0) is 68.8 Å². The molecule has 0 spiro atoms. The van der Waals surface area contributed by atoms with Crippen molar-refractivity contribution in [2.24, 2.45) is 10.4 Å². The molecule has 3 saturated carbocycles. The number of aliphatic carboxylic acids is 2. The van der Waals surface area contributed by atoms with Crippen LogP contribution in [0, 0.1) is 5.41 Å². The highest BCUT2D eigenvalue weighted by atomic mass is 16.5.